The van der Waals surface area contributed by atoms with E-state index in [4.69, 9.17) is 0 Å². The fourth-order valence-corrected chi connectivity index (χ4v) is 3.85. The number of hydrogen-bond donors (Lipinski definition) is 1. The van der Waals surface area contributed by atoms with E-state index in [-0.39, 0.29) is 11.7 Å². The minimum absolute atomic E-state index is 0.205. The highest BCUT2D eigenvalue weighted by molar-refractivity contribution is 5.89. The summed E-state index contributed by atoms with van der Waals surface area (Å²) in [6, 6.07) is 0.384. The molecule has 1 spiro atoms. The quantitative estimate of drug-likeness (QED) is 0.834. The Balaban J connectivity index is 2.25. The molecule has 104 valence electrons. The number of amides is 1. The molecule has 3 heteroatoms. The molecule has 0 bridgehead atoms. The van der Waals surface area contributed by atoms with Crippen LogP contribution in [0.25, 0.3) is 0 Å². The third-order valence-electron chi connectivity index (χ3n) is 4.81. The zero-order valence-electron chi connectivity index (χ0n) is 12.3. The summed E-state index contributed by atoms with van der Waals surface area (Å²) in [7, 11) is 0. The fourth-order valence-electron chi connectivity index (χ4n) is 3.85. The monoisotopic (exact) mass is 252 g/mol. The highest BCUT2D eigenvalue weighted by Crippen LogP contribution is 2.39. The molecule has 2 rings (SSSR count). The van der Waals surface area contributed by atoms with Crippen molar-refractivity contribution in [1.29, 1.82) is 0 Å². The van der Waals surface area contributed by atoms with Crippen LogP contribution in [-0.4, -0.2) is 28.6 Å². The van der Waals surface area contributed by atoms with Crippen LogP contribution in [0.1, 0.15) is 66.2 Å². The van der Waals surface area contributed by atoms with Crippen LogP contribution in [0.3, 0.4) is 0 Å². The first-order valence-corrected chi connectivity index (χ1v) is 7.66. The van der Waals surface area contributed by atoms with Gasteiger partial charge < -0.3 is 4.90 Å². The Kier molecular flexibility index (Phi) is 4.00. The Morgan fingerprint density at radius 3 is 2.39 bits per heavy atom. The third-order valence-corrected chi connectivity index (χ3v) is 4.81. The van der Waals surface area contributed by atoms with Crippen LogP contribution in [0.5, 0.6) is 0 Å². The van der Waals surface area contributed by atoms with Gasteiger partial charge >= 0.3 is 0 Å². The SMILES string of the molecule is CCC1NC2(CCCC2)C(=O)N1C(CC)C(C)C. The van der Waals surface area contributed by atoms with Crippen LogP contribution in [-0.2, 0) is 4.79 Å². The van der Waals surface area contributed by atoms with Crippen LogP contribution >= 0.6 is 0 Å². The predicted molar refractivity (Wildman–Crippen MR) is 74.2 cm³/mol. The fraction of sp³-hybridized carbons (Fsp3) is 0.933. The zero-order valence-corrected chi connectivity index (χ0v) is 12.3. The Labute approximate surface area is 111 Å². The molecule has 0 aromatic rings. The van der Waals surface area contributed by atoms with Gasteiger partial charge in [-0.15, -0.1) is 0 Å². The van der Waals surface area contributed by atoms with Crippen LogP contribution in [0, 0.1) is 5.92 Å². The average Bonchev–Trinajstić information content (AvgIpc) is 2.91. The Morgan fingerprint density at radius 2 is 1.94 bits per heavy atom. The molecule has 2 unspecified atom stereocenters. The van der Waals surface area contributed by atoms with E-state index in [2.05, 4.69) is 37.9 Å². The number of nitrogens with zero attached hydrogens (tertiary/aromatic N) is 1. The van der Waals surface area contributed by atoms with Crippen molar-refractivity contribution >= 4 is 5.91 Å². The lowest BCUT2D eigenvalue weighted by atomic mass is 9.95. The summed E-state index contributed by atoms with van der Waals surface area (Å²) in [6.07, 6.45) is 6.78. The minimum Gasteiger partial charge on any atom is -0.322 e. The highest BCUT2D eigenvalue weighted by Gasteiger charge is 2.53. The van der Waals surface area contributed by atoms with E-state index in [1.165, 1.54) is 12.8 Å². The van der Waals surface area contributed by atoms with Gasteiger partial charge in [-0.05, 0) is 31.6 Å². The van der Waals surface area contributed by atoms with E-state index in [9.17, 15) is 4.79 Å². The summed E-state index contributed by atoms with van der Waals surface area (Å²) in [5, 5.41) is 3.66. The number of rotatable bonds is 4. The molecule has 18 heavy (non-hydrogen) atoms. The molecule has 1 aliphatic carbocycles. The summed E-state index contributed by atoms with van der Waals surface area (Å²) in [5.41, 5.74) is -0.205. The van der Waals surface area contributed by atoms with Gasteiger partial charge in [0.05, 0.1) is 11.7 Å². The molecule has 0 aromatic heterocycles. The summed E-state index contributed by atoms with van der Waals surface area (Å²) in [5.74, 6) is 0.916. The lowest BCUT2D eigenvalue weighted by Crippen LogP contribution is -2.47. The molecule has 0 aromatic carbocycles. The van der Waals surface area contributed by atoms with Crippen molar-refractivity contribution in [2.45, 2.75) is 84.0 Å². The van der Waals surface area contributed by atoms with Crippen molar-refractivity contribution in [3.05, 3.63) is 0 Å². The summed E-state index contributed by atoms with van der Waals surface area (Å²) >= 11 is 0. The minimum atomic E-state index is -0.205. The summed E-state index contributed by atoms with van der Waals surface area (Å²) < 4.78 is 0. The van der Waals surface area contributed by atoms with E-state index in [1.807, 2.05) is 0 Å². The third kappa shape index (κ3) is 2.07. The molecular weight excluding hydrogens is 224 g/mol. The van der Waals surface area contributed by atoms with Gasteiger partial charge in [0.25, 0.3) is 0 Å². The second-order valence-electron chi connectivity index (χ2n) is 6.29. The maximum atomic E-state index is 12.9. The van der Waals surface area contributed by atoms with Crippen LogP contribution < -0.4 is 5.32 Å². The van der Waals surface area contributed by atoms with Gasteiger partial charge in [0, 0.05) is 6.04 Å². The molecule has 1 heterocycles. The topological polar surface area (TPSA) is 32.3 Å². The van der Waals surface area contributed by atoms with Gasteiger partial charge in [0.2, 0.25) is 5.91 Å². The van der Waals surface area contributed by atoms with E-state index in [0.29, 0.717) is 17.9 Å². The number of carbonyl (C=O) groups is 1. The maximum Gasteiger partial charge on any atom is 0.244 e. The number of hydrogen-bond acceptors (Lipinski definition) is 2. The van der Waals surface area contributed by atoms with Crippen LogP contribution in [0.4, 0.5) is 0 Å². The Bertz CT molecular complexity index is 308. The molecule has 2 atom stereocenters. The largest absolute Gasteiger partial charge is 0.322 e. The molecular formula is C15H28N2O. The van der Waals surface area contributed by atoms with Crippen molar-refractivity contribution in [3.8, 4) is 0 Å². The van der Waals surface area contributed by atoms with Gasteiger partial charge in [-0.3, -0.25) is 10.1 Å². The first kappa shape index (κ1) is 13.9. The molecule has 1 aliphatic heterocycles. The first-order valence-electron chi connectivity index (χ1n) is 7.66. The van der Waals surface area contributed by atoms with Gasteiger partial charge in [-0.2, -0.15) is 0 Å². The number of carbonyl (C=O) groups excluding carboxylic acids is 1. The van der Waals surface area contributed by atoms with Gasteiger partial charge in [-0.1, -0.05) is 40.5 Å². The Hall–Kier alpha value is -0.570. The molecule has 1 N–H and O–H groups in total. The van der Waals surface area contributed by atoms with Crippen molar-refractivity contribution in [2.75, 3.05) is 0 Å². The normalized spacial score (nSPS) is 28.6. The lowest BCUT2D eigenvalue weighted by Gasteiger charge is -2.34. The average molecular weight is 252 g/mol. The lowest BCUT2D eigenvalue weighted by molar-refractivity contribution is -0.136. The van der Waals surface area contributed by atoms with Crippen molar-refractivity contribution < 1.29 is 4.79 Å². The van der Waals surface area contributed by atoms with Crippen LogP contribution in [0.15, 0.2) is 0 Å². The van der Waals surface area contributed by atoms with Crippen molar-refractivity contribution in [3.63, 3.8) is 0 Å². The molecule has 2 fully saturated rings. The standard InChI is InChI=1S/C15H28N2O/c1-5-12(11(3)4)17-13(6-2)16-15(14(17)18)9-7-8-10-15/h11-13,16H,5-10H2,1-4H3. The van der Waals surface area contributed by atoms with E-state index in [0.717, 1.165) is 25.7 Å². The molecule has 3 nitrogen and oxygen atoms in total. The van der Waals surface area contributed by atoms with Crippen molar-refractivity contribution in [2.24, 2.45) is 5.92 Å². The number of nitrogens with one attached hydrogen (secondary N) is 1. The van der Waals surface area contributed by atoms with Gasteiger partial charge in [0.1, 0.15) is 0 Å². The van der Waals surface area contributed by atoms with E-state index < -0.39 is 0 Å². The van der Waals surface area contributed by atoms with Gasteiger partial charge in [0.15, 0.2) is 0 Å². The molecule has 1 amide bonds. The van der Waals surface area contributed by atoms with Crippen molar-refractivity contribution in [1.82, 2.24) is 10.2 Å². The second-order valence-corrected chi connectivity index (χ2v) is 6.29. The Morgan fingerprint density at radius 1 is 1.33 bits per heavy atom. The highest BCUT2D eigenvalue weighted by atomic mass is 16.2. The van der Waals surface area contributed by atoms with E-state index >= 15 is 0 Å². The summed E-state index contributed by atoms with van der Waals surface area (Å²) in [6.45, 7) is 8.84. The zero-order chi connectivity index (χ0) is 13.3. The smallest absolute Gasteiger partial charge is 0.244 e. The first-order chi connectivity index (χ1) is 8.55. The summed E-state index contributed by atoms with van der Waals surface area (Å²) in [4.78, 5) is 15.0. The molecule has 0 radical (unpaired) electrons. The molecule has 1 saturated carbocycles. The second kappa shape index (κ2) is 5.20. The van der Waals surface area contributed by atoms with E-state index in [1.54, 1.807) is 0 Å². The molecule has 1 saturated heterocycles. The van der Waals surface area contributed by atoms with Gasteiger partial charge in [-0.25, -0.2) is 0 Å². The predicted octanol–water partition coefficient (Wildman–Crippen LogP) is 2.90. The molecule has 2 aliphatic rings. The maximum absolute atomic E-state index is 12.9. The van der Waals surface area contributed by atoms with Crippen LogP contribution in [0.2, 0.25) is 0 Å².